The number of benzene rings is 2. The Morgan fingerprint density at radius 3 is 2.27 bits per heavy atom. The molecule has 0 aromatic heterocycles. The van der Waals surface area contributed by atoms with Crippen LogP contribution in [0.15, 0.2) is 42.5 Å². The fraction of sp³-hybridized carbons (Fsp3) is 0.263. The largest absolute Gasteiger partial charge is 0.357 e. The second kappa shape index (κ2) is 9.26. The summed E-state index contributed by atoms with van der Waals surface area (Å²) >= 11 is 18.5. The highest BCUT2D eigenvalue weighted by Crippen LogP contribution is 2.27. The van der Waals surface area contributed by atoms with Crippen LogP contribution in [-0.4, -0.2) is 29.8 Å². The van der Waals surface area contributed by atoms with E-state index in [1.807, 2.05) is 6.07 Å². The third-order valence-corrected chi connectivity index (χ3v) is 4.99. The Morgan fingerprint density at radius 2 is 1.69 bits per heavy atom. The lowest BCUT2D eigenvalue weighted by Crippen LogP contribution is -2.47. The molecule has 0 aliphatic carbocycles. The average Bonchev–Trinajstić information content (AvgIpc) is 2.60. The summed E-state index contributed by atoms with van der Waals surface area (Å²) in [7, 11) is 1.53. The molecule has 0 aliphatic rings. The molecule has 0 saturated heterocycles. The van der Waals surface area contributed by atoms with Gasteiger partial charge in [-0.1, -0.05) is 53.0 Å². The number of carbonyl (C=O) groups is 2. The van der Waals surface area contributed by atoms with Gasteiger partial charge in [-0.3, -0.25) is 9.59 Å². The Labute approximate surface area is 168 Å². The van der Waals surface area contributed by atoms with E-state index in [-0.39, 0.29) is 24.8 Å². The summed E-state index contributed by atoms with van der Waals surface area (Å²) < 4.78 is 0. The van der Waals surface area contributed by atoms with Gasteiger partial charge in [0.25, 0.3) is 0 Å². The molecular weight excluding hydrogens is 395 g/mol. The maximum atomic E-state index is 12.9. The number of nitrogens with one attached hydrogen (secondary N) is 1. The average molecular weight is 414 g/mol. The molecule has 2 rings (SSSR count). The van der Waals surface area contributed by atoms with Crippen LogP contribution in [-0.2, 0) is 22.6 Å². The van der Waals surface area contributed by atoms with Crippen LogP contribution in [0.1, 0.15) is 18.1 Å². The first-order valence-corrected chi connectivity index (χ1v) is 9.15. The van der Waals surface area contributed by atoms with Crippen molar-refractivity contribution in [3.63, 3.8) is 0 Å². The molecule has 138 valence electrons. The standard InChI is InChI=1S/C19H19Cl3N2O2/c1-12(19(26)23-2)24(11-15-16(21)7-4-8-17(15)22)18(25)10-13-5-3-6-14(20)9-13/h3-9,12H,10-11H2,1-2H3,(H,23,26)/t12-/m0/s1. The van der Waals surface area contributed by atoms with Crippen molar-refractivity contribution >= 4 is 46.6 Å². The van der Waals surface area contributed by atoms with E-state index in [9.17, 15) is 9.59 Å². The molecule has 0 unspecified atom stereocenters. The molecule has 2 aromatic carbocycles. The highest BCUT2D eigenvalue weighted by Gasteiger charge is 2.26. The lowest BCUT2D eigenvalue weighted by Gasteiger charge is -2.29. The zero-order chi connectivity index (χ0) is 19.3. The summed E-state index contributed by atoms with van der Waals surface area (Å²) in [5.74, 6) is -0.494. The van der Waals surface area contributed by atoms with Gasteiger partial charge in [0.05, 0.1) is 6.42 Å². The van der Waals surface area contributed by atoms with E-state index in [1.54, 1.807) is 43.3 Å². The van der Waals surface area contributed by atoms with E-state index in [1.165, 1.54) is 11.9 Å². The van der Waals surface area contributed by atoms with Gasteiger partial charge in [0.15, 0.2) is 0 Å². The molecule has 0 spiro atoms. The van der Waals surface area contributed by atoms with Gasteiger partial charge in [-0.2, -0.15) is 0 Å². The molecule has 0 aliphatic heterocycles. The van der Waals surface area contributed by atoms with Gasteiger partial charge in [0, 0.05) is 34.2 Å². The molecule has 7 heteroatoms. The Balaban J connectivity index is 2.31. The van der Waals surface area contributed by atoms with E-state index in [0.717, 1.165) is 5.56 Å². The Hall–Kier alpha value is -1.75. The smallest absolute Gasteiger partial charge is 0.242 e. The Bertz CT molecular complexity index is 791. The summed E-state index contributed by atoms with van der Waals surface area (Å²) in [6, 6.07) is 11.5. The number of carbonyl (C=O) groups excluding carboxylic acids is 2. The zero-order valence-electron chi connectivity index (χ0n) is 14.4. The third kappa shape index (κ3) is 5.13. The summed E-state index contributed by atoms with van der Waals surface area (Å²) in [6.45, 7) is 1.80. The minimum atomic E-state index is -0.681. The van der Waals surface area contributed by atoms with Crippen molar-refractivity contribution in [1.82, 2.24) is 10.2 Å². The molecule has 1 atom stereocenters. The van der Waals surface area contributed by atoms with Gasteiger partial charge in [-0.15, -0.1) is 0 Å². The van der Waals surface area contributed by atoms with Crippen molar-refractivity contribution in [1.29, 1.82) is 0 Å². The van der Waals surface area contributed by atoms with Crippen molar-refractivity contribution in [2.24, 2.45) is 0 Å². The fourth-order valence-electron chi connectivity index (χ4n) is 2.57. The van der Waals surface area contributed by atoms with Crippen molar-refractivity contribution in [3.8, 4) is 0 Å². The van der Waals surface area contributed by atoms with E-state index in [4.69, 9.17) is 34.8 Å². The van der Waals surface area contributed by atoms with Crippen molar-refractivity contribution in [2.45, 2.75) is 25.9 Å². The summed E-state index contributed by atoms with van der Waals surface area (Å²) in [5, 5.41) is 4.01. The van der Waals surface area contributed by atoms with Crippen LogP contribution in [0.25, 0.3) is 0 Å². The van der Waals surface area contributed by atoms with Crippen LogP contribution in [0.2, 0.25) is 15.1 Å². The summed E-state index contributed by atoms with van der Waals surface area (Å²) in [4.78, 5) is 26.5. The van der Waals surface area contributed by atoms with E-state index < -0.39 is 6.04 Å². The topological polar surface area (TPSA) is 49.4 Å². The second-order valence-electron chi connectivity index (χ2n) is 5.82. The quantitative estimate of drug-likeness (QED) is 0.765. The van der Waals surface area contributed by atoms with Gasteiger partial charge in [-0.05, 0) is 36.8 Å². The molecule has 2 amide bonds. The Kier molecular flexibility index (Phi) is 7.33. The normalized spacial score (nSPS) is 11.7. The molecule has 1 N–H and O–H groups in total. The Morgan fingerprint density at radius 1 is 1.08 bits per heavy atom. The van der Waals surface area contributed by atoms with Gasteiger partial charge < -0.3 is 10.2 Å². The fourth-order valence-corrected chi connectivity index (χ4v) is 3.30. The molecular formula is C19H19Cl3N2O2. The van der Waals surface area contributed by atoms with Crippen molar-refractivity contribution in [3.05, 3.63) is 68.7 Å². The highest BCUT2D eigenvalue weighted by molar-refractivity contribution is 6.36. The molecule has 0 bridgehead atoms. The number of hydrogen-bond acceptors (Lipinski definition) is 2. The number of rotatable bonds is 6. The van der Waals surface area contributed by atoms with Crippen LogP contribution in [0.4, 0.5) is 0 Å². The minimum absolute atomic E-state index is 0.115. The molecule has 0 radical (unpaired) electrons. The number of halogens is 3. The molecule has 0 saturated carbocycles. The van der Waals surface area contributed by atoms with Gasteiger partial charge in [0.1, 0.15) is 6.04 Å². The SMILES string of the molecule is CNC(=O)[C@H](C)N(Cc1c(Cl)cccc1Cl)C(=O)Cc1cccc(Cl)c1. The van der Waals surface area contributed by atoms with Gasteiger partial charge in [0.2, 0.25) is 11.8 Å². The first kappa shape index (κ1) is 20.6. The van der Waals surface area contributed by atoms with Crippen LogP contribution in [0.3, 0.4) is 0 Å². The molecule has 0 heterocycles. The van der Waals surface area contributed by atoms with Crippen LogP contribution >= 0.6 is 34.8 Å². The maximum Gasteiger partial charge on any atom is 0.242 e. The number of nitrogens with zero attached hydrogens (tertiary/aromatic N) is 1. The lowest BCUT2D eigenvalue weighted by molar-refractivity contribution is -0.139. The van der Waals surface area contributed by atoms with E-state index in [2.05, 4.69) is 5.32 Å². The number of hydrogen-bond donors (Lipinski definition) is 1. The van der Waals surface area contributed by atoms with Gasteiger partial charge >= 0.3 is 0 Å². The monoisotopic (exact) mass is 412 g/mol. The summed E-state index contributed by atoms with van der Waals surface area (Å²) in [6.07, 6.45) is 0.115. The second-order valence-corrected chi connectivity index (χ2v) is 7.07. The van der Waals surface area contributed by atoms with E-state index >= 15 is 0 Å². The molecule has 2 aromatic rings. The lowest BCUT2D eigenvalue weighted by atomic mass is 10.1. The predicted molar refractivity (Wildman–Crippen MR) is 106 cm³/mol. The maximum absolute atomic E-state index is 12.9. The number of likely N-dealkylation sites (N-methyl/N-ethyl adjacent to an activating group) is 1. The van der Waals surface area contributed by atoms with Crippen molar-refractivity contribution in [2.75, 3.05) is 7.05 Å². The van der Waals surface area contributed by atoms with Crippen LogP contribution < -0.4 is 5.32 Å². The van der Waals surface area contributed by atoms with Gasteiger partial charge in [-0.25, -0.2) is 0 Å². The molecule has 4 nitrogen and oxygen atoms in total. The van der Waals surface area contributed by atoms with E-state index in [0.29, 0.717) is 20.6 Å². The number of amides is 2. The summed E-state index contributed by atoms with van der Waals surface area (Å²) in [5.41, 5.74) is 1.37. The van der Waals surface area contributed by atoms with Crippen molar-refractivity contribution < 1.29 is 9.59 Å². The first-order valence-electron chi connectivity index (χ1n) is 8.02. The highest BCUT2D eigenvalue weighted by atomic mass is 35.5. The minimum Gasteiger partial charge on any atom is -0.357 e. The third-order valence-electron chi connectivity index (χ3n) is 4.05. The predicted octanol–water partition coefficient (Wildman–Crippen LogP) is 4.35. The zero-order valence-corrected chi connectivity index (χ0v) is 16.7. The molecule has 0 fully saturated rings. The molecule has 26 heavy (non-hydrogen) atoms. The van der Waals surface area contributed by atoms with Crippen LogP contribution in [0, 0.1) is 0 Å². The van der Waals surface area contributed by atoms with Crippen LogP contribution in [0.5, 0.6) is 0 Å². The first-order chi connectivity index (χ1) is 12.3.